The van der Waals surface area contributed by atoms with Crippen LogP contribution in [0.15, 0.2) is 48.5 Å². The molecule has 1 aliphatic rings. The minimum Gasteiger partial charge on any atom is -0.376 e. The third kappa shape index (κ3) is 5.01. The molecule has 0 unspecified atom stereocenters. The van der Waals surface area contributed by atoms with Gasteiger partial charge in [0.15, 0.2) is 0 Å². The highest BCUT2D eigenvalue weighted by molar-refractivity contribution is 7.88. The van der Waals surface area contributed by atoms with Crippen molar-refractivity contribution in [2.75, 3.05) is 5.32 Å². The molecular formula is C26H24F3N5O4S. The van der Waals surface area contributed by atoms with E-state index in [2.05, 4.69) is 9.50 Å². The van der Waals surface area contributed by atoms with Gasteiger partial charge < -0.3 is 15.2 Å². The second-order valence-corrected chi connectivity index (χ2v) is 10.7. The molecule has 39 heavy (non-hydrogen) atoms. The smallest absolute Gasteiger partial charge is 0.376 e. The van der Waals surface area contributed by atoms with Crippen LogP contribution < -0.4 is 15.2 Å². The van der Waals surface area contributed by atoms with E-state index in [0.717, 1.165) is 35.9 Å². The molecular weight excluding hydrogens is 535 g/mol. The van der Waals surface area contributed by atoms with Gasteiger partial charge in [0.2, 0.25) is 11.9 Å². The Bertz CT molecular complexity index is 1700. The van der Waals surface area contributed by atoms with Crippen LogP contribution in [0.2, 0.25) is 0 Å². The molecule has 3 N–H and O–H groups in total. The minimum absolute atomic E-state index is 0.0519. The van der Waals surface area contributed by atoms with Crippen molar-refractivity contribution in [2.45, 2.75) is 44.7 Å². The number of fused-ring (bicyclic) bond motifs is 2. The van der Waals surface area contributed by atoms with Gasteiger partial charge >= 0.3 is 15.6 Å². The van der Waals surface area contributed by atoms with E-state index in [-0.39, 0.29) is 12.1 Å². The molecule has 13 heteroatoms. The zero-order valence-corrected chi connectivity index (χ0v) is 21.6. The largest absolute Gasteiger partial charge is 0.534 e. The SMILES string of the molecule is Cc1cc2c(C(N)=O)cccc2n1-c1nc2c(c(NCc3ccccc3OS(=O)(=O)C(F)(F)F)n1)CCCC2. The second kappa shape index (κ2) is 9.88. The fourth-order valence-corrected chi connectivity index (χ4v) is 5.24. The fourth-order valence-electron chi connectivity index (χ4n) is 4.75. The molecule has 0 aliphatic heterocycles. The summed E-state index contributed by atoms with van der Waals surface area (Å²) in [5.74, 6) is -0.150. The van der Waals surface area contributed by atoms with E-state index in [9.17, 15) is 26.4 Å². The topological polar surface area (TPSA) is 129 Å². The summed E-state index contributed by atoms with van der Waals surface area (Å²) in [7, 11) is -5.83. The number of para-hydroxylation sites is 1. The molecule has 2 aromatic carbocycles. The molecule has 2 aromatic heterocycles. The first kappa shape index (κ1) is 26.5. The number of rotatable bonds is 7. The van der Waals surface area contributed by atoms with Gasteiger partial charge in [0.1, 0.15) is 11.6 Å². The molecule has 0 saturated heterocycles. The maximum absolute atomic E-state index is 12.9. The number of nitrogens with zero attached hydrogens (tertiary/aromatic N) is 3. The van der Waals surface area contributed by atoms with Crippen LogP contribution in [-0.2, 0) is 29.5 Å². The highest BCUT2D eigenvalue weighted by atomic mass is 32.2. The molecule has 0 saturated carbocycles. The van der Waals surface area contributed by atoms with Crippen LogP contribution in [0.4, 0.5) is 19.0 Å². The highest BCUT2D eigenvalue weighted by Crippen LogP contribution is 2.32. The number of alkyl halides is 3. The number of carbonyl (C=O) groups is 1. The Hall–Kier alpha value is -4.13. The van der Waals surface area contributed by atoms with Crippen molar-refractivity contribution >= 4 is 32.7 Å². The molecule has 1 aliphatic carbocycles. The van der Waals surface area contributed by atoms with Gasteiger partial charge in [-0.05, 0) is 56.9 Å². The van der Waals surface area contributed by atoms with Crippen LogP contribution in [0.1, 0.15) is 45.7 Å². The fraction of sp³-hybridized carbons (Fsp3) is 0.269. The molecule has 0 bridgehead atoms. The predicted molar refractivity (Wildman–Crippen MR) is 138 cm³/mol. The van der Waals surface area contributed by atoms with Gasteiger partial charge in [0, 0.05) is 34.3 Å². The van der Waals surface area contributed by atoms with E-state index in [0.29, 0.717) is 41.1 Å². The summed E-state index contributed by atoms with van der Waals surface area (Å²) in [4.78, 5) is 21.5. The number of benzene rings is 2. The van der Waals surface area contributed by atoms with Gasteiger partial charge in [-0.1, -0.05) is 24.3 Å². The molecule has 0 atom stereocenters. The van der Waals surface area contributed by atoms with Crippen LogP contribution in [0, 0.1) is 6.92 Å². The third-order valence-corrected chi connectivity index (χ3v) is 7.53. The van der Waals surface area contributed by atoms with Crippen molar-refractivity contribution < 1.29 is 30.6 Å². The van der Waals surface area contributed by atoms with Crippen molar-refractivity contribution in [1.29, 1.82) is 0 Å². The number of nitrogens with two attached hydrogens (primary N) is 1. The first-order valence-electron chi connectivity index (χ1n) is 12.1. The van der Waals surface area contributed by atoms with Crippen molar-refractivity contribution in [1.82, 2.24) is 14.5 Å². The molecule has 5 rings (SSSR count). The van der Waals surface area contributed by atoms with Crippen LogP contribution in [0.25, 0.3) is 16.9 Å². The number of carbonyl (C=O) groups excluding carboxylic acids is 1. The zero-order chi connectivity index (χ0) is 27.9. The van der Waals surface area contributed by atoms with Gasteiger partial charge in [-0.15, -0.1) is 0 Å². The normalized spacial score (nSPS) is 13.7. The summed E-state index contributed by atoms with van der Waals surface area (Å²) in [6.07, 6.45) is 3.27. The number of hydrogen-bond acceptors (Lipinski definition) is 7. The molecule has 9 nitrogen and oxygen atoms in total. The zero-order valence-electron chi connectivity index (χ0n) is 20.7. The van der Waals surface area contributed by atoms with E-state index in [1.54, 1.807) is 18.2 Å². The Balaban J connectivity index is 1.54. The summed E-state index contributed by atoms with van der Waals surface area (Å²) in [5.41, 5.74) is 3.77. The summed E-state index contributed by atoms with van der Waals surface area (Å²) in [6.45, 7) is 1.80. The average Bonchev–Trinajstić information content (AvgIpc) is 3.22. The van der Waals surface area contributed by atoms with Crippen LogP contribution >= 0.6 is 0 Å². The lowest BCUT2D eigenvalue weighted by atomic mass is 9.96. The summed E-state index contributed by atoms with van der Waals surface area (Å²) >= 11 is 0. The Kier molecular flexibility index (Phi) is 6.70. The van der Waals surface area contributed by atoms with Gasteiger partial charge in [-0.25, -0.2) is 4.98 Å². The quantitative estimate of drug-likeness (QED) is 0.251. The third-order valence-electron chi connectivity index (χ3n) is 6.57. The van der Waals surface area contributed by atoms with Gasteiger partial charge in [-0.3, -0.25) is 9.36 Å². The first-order chi connectivity index (χ1) is 18.5. The number of aryl methyl sites for hydroxylation is 2. The lowest BCUT2D eigenvalue weighted by Crippen LogP contribution is -2.28. The second-order valence-electron chi connectivity index (χ2n) is 9.17. The maximum Gasteiger partial charge on any atom is 0.534 e. The highest BCUT2D eigenvalue weighted by Gasteiger charge is 2.48. The standard InChI is InChI=1S/C26H24F3N5O4S/c1-15-13-19-17(23(30)35)9-6-11-21(19)34(15)25-32-20-10-4-3-8-18(20)24(33-25)31-14-16-7-2-5-12-22(16)38-39(36,37)26(27,28)29/h2,5-7,9,11-13H,3-4,8,10,14H2,1H3,(H2,30,35)(H,31,32,33). The number of anilines is 1. The van der Waals surface area contributed by atoms with E-state index < -0.39 is 27.3 Å². The molecule has 1 amide bonds. The Morgan fingerprint density at radius 3 is 2.59 bits per heavy atom. The van der Waals surface area contributed by atoms with Crippen LogP contribution in [0.3, 0.4) is 0 Å². The Labute approximate surface area is 221 Å². The molecule has 2 heterocycles. The van der Waals surface area contributed by atoms with Crippen molar-refractivity contribution in [3.05, 3.63) is 76.6 Å². The van der Waals surface area contributed by atoms with E-state index >= 15 is 0 Å². The van der Waals surface area contributed by atoms with E-state index in [1.807, 2.05) is 23.6 Å². The maximum atomic E-state index is 12.9. The minimum atomic E-state index is -5.83. The molecule has 4 aromatic rings. The van der Waals surface area contributed by atoms with Crippen LogP contribution in [-0.4, -0.2) is 34.4 Å². The van der Waals surface area contributed by atoms with Gasteiger partial charge in [0.05, 0.1) is 11.2 Å². The number of halogens is 3. The molecule has 0 spiro atoms. The van der Waals surface area contributed by atoms with E-state index in [1.165, 1.54) is 12.1 Å². The monoisotopic (exact) mass is 559 g/mol. The summed E-state index contributed by atoms with van der Waals surface area (Å²) in [5, 5.41) is 3.82. The van der Waals surface area contributed by atoms with Crippen LogP contribution in [0.5, 0.6) is 5.75 Å². The molecule has 204 valence electrons. The summed E-state index contributed by atoms with van der Waals surface area (Å²) < 4.78 is 68.1. The average molecular weight is 560 g/mol. The number of aromatic nitrogens is 3. The van der Waals surface area contributed by atoms with Crippen molar-refractivity contribution in [3.63, 3.8) is 0 Å². The lowest BCUT2D eigenvalue weighted by molar-refractivity contribution is -0.0500. The number of primary amides is 1. The molecule has 0 fully saturated rings. The van der Waals surface area contributed by atoms with Crippen molar-refractivity contribution in [3.8, 4) is 11.7 Å². The molecule has 0 radical (unpaired) electrons. The van der Waals surface area contributed by atoms with Gasteiger partial charge in [0.25, 0.3) is 0 Å². The predicted octanol–water partition coefficient (Wildman–Crippen LogP) is 4.55. The van der Waals surface area contributed by atoms with E-state index in [4.69, 9.17) is 15.7 Å². The number of amides is 1. The number of nitrogens with one attached hydrogen (secondary N) is 1. The van der Waals surface area contributed by atoms with Gasteiger partial charge in [-0.2, -0.15) is 26.6 Å². The first-order valence-corrected chi connectivity index (χ1v) is 13.5. The van der Waals surface area contributed by atoms with Crippen molar-refractivity contribution in [2.24, 2.45) is 5.73 Å². The lowest BCUT2D eigenvalue weighted by Gasteiger charge is -2.21. The summed E-state index contributed by atoms with van der Waals surface area (Å²) in [6, 6.07) is 12.6. The Morgan fingerprint density at radius 1 is 1.10 bits per heavy atom. The number of hydrogen-bond donors (Lipinski definition) is 2. The Morgan fingerprint density at radius 2 is 1.85 bits per heavy atom.